The maximum atomic E-state index is 11.7. The second-order valence-electron chi connectivity index (χ2n) is 5.49. The van der Waals surface area contributed by atoms with E-state index in [1.807, 2.05) is 30.3 Å². The van der Waals surface area contributed by atoms with Crippen LogP contribution in [0.2, 0.25) is 0 Å². The summed E-state index contributed by atoms with van der Waals surface area (Å²) in [5, 5.41) is 12.8. The fraction of sp³-hybridized carbons (Fsp3) is 0.333. The quantitative estimate of drug-likeness (QED) is 0.670. The maximum absolute atomic E-state index is 11.7. The largest absolute Gasteiger partial charge is 0.348 e. The predicted molar refractivity (Wildman–Crippen MR) is 95.2 cm³/mol. The summed E-state index contributed by atoms with van der Waals surface area (Å²) in [6.07, 6.45) is 0.667. The number of carbonyl (C=O) groups is 1. The zero-order valence-corrected chi connectivity index (χ0v) is 15.0. The van der Waals surface area contributed by atoms with E-state index in [1.165, 1.54) is 23.1 Å². The van der Waals surface area contributed by atoms with Gasteiger partial charge in [0.05, 0.1) is 11.8 Å². The van der Waals surface area contributed by atoms with Gasteiger partial charge in [0.1, 0.15) is 0 Å². The number of fused-ring (bicyclic) bond motifs is 1. The lowest BCUT2D eigenvalue weighted by Crippen LogP contribution is -2.23. The van der Waals surface area contributed by atoms with E-state index in [9.17, 15) is 4.79 Å². The molecule has 126 valence electrons. The number of carbonyl (C=O) groups excluding carboxylic acids is 1. The van der Waals surface area contributed by atoms with Gasteiger partial charge in [0, 0.05) is 14.1 Å². The van der Waals surface area contributed by atoms with Gasteiger partial charge >= 0.3 is 0 Å². The van der Waals surface area contributed by atoms with Gasteiger partial charge in [-0.3, -0.25) is 4.79 Å². The molecule has 0 aliphatic carbocycles. The summed E-state index contributed by atoms with van der Waals surface area (Å²) in [7, 11) is 3.48. The number of amides is 1. The molecule has 1 atom stereocenters. The highest BCUT2D eigenvalue weighted by molar-refractivity contribution is 8.01. The zero-order chi connectivity index (χ0) is 17.1. The molecule has 2 N–H and O–H groups in total. The van der Waals surface area contributed by atoms with Crippen molar-refractivity contribution in [2.24, 2.45) is 5.73 Å². The third-order valence-corrected chi connectivity index (χ3v) is 5.46. The third-order valence-electron chi connectivity index (χ3n) is 3.44. The molecule has 9 heteroatoms. The summed E-state index contributed by atoms with van der Waals surface area (Å²) < 4.78 is 2.46. The van der Waals surface area contributed by atoms with Crippen LogP contribution in [0.5, 0.6) is 0 Å². The van der Waals surface area contributed by atoms with Gasteiger partial charge in [-0.15, -0.1) is 15.3 Å². The summed E-state index contributed by atoms with van der Waals surface area (Å²) in [5.41, 5.74) is 7.42. The molecule has 0 unspecified atom stereocenters. The van der Waals surface area contributed by atoms with Crippen LogP contribution in [0, 0.1) is 0 Å². The van der Waals surface area contributed by atoms with Crippen LogP contribution in [-0.4, -0.2) is 50.5 Å². The van der Waals surface area contributed by atoms with Crippen molar-refractivity contribution in [2.75, 3.05) is 19.8 Å². The maximum Gasteiger partial charge on any atom is 0.235 e. The van der Waals surface area contributed by atoms with Crippen LogP contribution in [0.1, 0.15) is 17.4 Å². The highest BCUT2D eigenvalue weighted by atomic mass is 32.2. The Kier molecular flexibility index (Phi) is 5.12. The van der Waals surface area contributed by atoms with E-state index in [1.54, 1.807) is 23.5 Å². The first kappa shape index (κ1) is 16.9. The molecular formula is C15H18N6OS2. The fourth-order valence-corrected chi connectivity index (χ4v) is 3.98. The Balaban J connectivity index is 1.74. The number of thioether (sulfide) groups is 1. The molecule has 0 aliphatic rings. The van der Waals surface area contributed by atoms with E-state index >= 15 is 0 Å². The second kappa shape index (κ2) is 7.29. The molecule has 0 bridgehead atoms. The zero-order valence-electron chi connectivity index (χ0n) is 13.4. The molecule has 24 heavy (non-hydrogen) atoms. The summed E-state index contributed by atoms with van der Waals surface area (Å²) in [4.78, 5) is 13.9. The van der Waals surface area contributed by atoms with Crippen molar-refractivity contribution in [3.8, 4) is 0 Å². The van der Waals surface area contributed by atoms with E-state index in [-0.39, 0.29) is 11.9 Å². The minimum Gasteiger partial charge on any atom is -0.348 e. The smallest absolute Gasteiger partial charge is 0.235 e. The van der Waals surface area contributed by atoms with Crippen LogP contribution in [0.25, 0.3) is 4.96 Å². The van der Waals surface area contributed by atoms with Crippen molar-refractivity contribution in [3.05, 3.63) is 41.7 Å². The molecule has 0 saturated carbocycles. The van der Waals surface area contributed by atoms with Gasteiger partial charge in [-0.1, -0.05) is 53.4 Å². The van der Waals surface area contributed by atoms with Crippen molar-refractivity contribution < 1.29 is 4.79 Å². The molecule has 1 aromatic carbocycles. The van der Waals surface area contributed by atoms with Crippen molar-refractivity contribution in [1.82, 2.24) is 24.7 Å². The average molecular weight is 362 g/mol. The van der Waals surface area contributed by atoms with E-state index in [0.29, 0.717) is 23.0 Å². The number of benzene rings is 1. The van der Waals surface area contributed by atoms with E-state index in [0.717, 1.165) is 9.90 Å². The lowest BCUT2D eigenvalue weighted by Gasteiger charge is -2.08. The SMILES string of the molecule is CN(C)C(=O)CSc1nn2c([C@@H](N)Cc3ccccc3)nnc2s1. The van der Waals surface area contributed by atoms with Crippen LogP contribution in [0.3, 0.4) is 0 Å². The number of hydrogen-bond acceptors (Lipinski definition) is 7. The van der Waals surface area contributed by atoms with Crippen LogP contribution in [0.4, 0.5) is 0 Å². The van der Waals surface area contributed by atoms with Gasteiger partial charge in [-0.05, 0) is 12.0 Å². The van der Waals surface area contributed by atoms with Crippen molar-refractivity contribution in [2.45, 2.75) is 16.8 Å². The first-order valence-electron chi connectivity index (χ1n) is 7.39. The lowest BCUT2D eigenvalue weighted by atomic mass is 10.1. The van der Waals surface area contributed by atoms with Gasteiger partial charge in [-0.25, -0.2) is 0 Å². The second-order valence-corrected chi connectivity index (χ2v) is 7.67. The van der Waals surface area contributed by atoms with Crippen LogP contribution < -0.4 is 5.73 Å². The molecule has 3 rings (SSSR count). The van der Waals surface area contributed by atoms with Crippen LogP contribution in [-0.2, 0) is 11.2 Å². The lowest BCUT2D eigenvalue weighted by molar-refractivity contribution is -0.125. The molecular weight excluding hydrogens is 344 g/mol. The Morgan fingerprint density at radius 1 is 1.33 bits per heavy atom. The van der Waals surface area contributed by atoms with Gasteiger partial charge in [0.25, 0.3) is 0 Å². The summed E-state index contributed by atoms with van der Waals surface area (Å²) in [6, 6.07) is 9.73. The first-order chi connectivity index (χ1) is 11.5. The van der Waals surface area contributed by atoms with Crippen molar-refractivity contribution >= 4 is 34.0 Å². The number of aromatic nitrogens is 4. The number of nitrogens with two attached hydrogens (primary N) is 1. The van der Waals surface area contributed by atoms with Crippen molar-refractivity contribution in [3.63, 3.8) is 0 Å². The fourth-order valence-electron chi connectivity index (χ4n) is 2.12. The highest BCUT2D eigenvalue weighted by Gasteiger charge is 2.18. The third kappa shape index (κ3) is 3.74. The van der Waals surface area contributed by atoms with Gasteiger partial charge in [0.2, 0.25) is 10.9 Å². The number of hydrogen-bond donors (Lipinski definition) is 1. The monoisotopic (exact) mass is 362 g/mol. The normalized spacial score (nSPS) is 12.5. The van der Waals surface area contributed by atoms with E-state index in [4.69, 9.17) is 5.73 Å². The summed E-state index contributed by atoms with van der Waals surface area (Å²) in [5.74, 6) is 1.03. The molecule has 1 amide bonds. The Morgan fingerprint density at radius 2 is 2.08 bits per heavy atom. The topological polar surface area (TPSA) is 89.4 Å². The molecule has 0 spiro atoms. The summed E-state index contributed by atoms with van der Waals surface area (Å²) in [6.45, 7) is 0. The van der Waals surface area contributed by atoms with E-state index < -0.39 is 0 Å². The minimum absolute atomic E-state index is 0.0481. The average Bonchev–Trinajstić information content (AvgIpc) is 3.13. The van der Waals surface area contributed by atoms with Crippen LogP contribution in [0.15, 0.2) is 34.7 Å². The molecule has 0 saturated heterocycles. The van der Waals surface area contributed by atoms with Crippen molar-refractivity contribution in [1.29, 1.82) is 0 Å². The molecule has 0 fully saturated rings. The molecule has 0 radical (unpaired) electrons. The Labute approximate surface area is 147 Å². The van der Waals surface area contributed by atoms with Gasteiger partial charge in [0.15, 0.2) is 10.2 Å². The molecule has 3 aromatic rings. The predicted octanol–water partition coefficient (Wildman–Crippen LogP) is 1.61. The number of rotatable bonds is 6. The molecule has 0 aliphatic heterocycles. The first-order valence-corrected chi connectivity index (χ1v) is 9.19. The van der Waals surface area contributed by atoms with E-state index in [2.05, 4.69) is 15.3 Å². The van der Waals surface area contributed by atoms with Gasteiger partial charge < -0.3 is 10.6 Å². The molecule has 2 aromatic heterocycles. The Hall–Kier alpha value is -1.97. The minimum atomic E-state index is -0.286. The molecule has 2 heterocycles. The Bertz CT molecular complexity index is 829. The standard InChI is InChI=1S/C15H18N6OS2/c1-20(2)12(22)9-23-15-19-21-13(17-18-14(21)24-15)11(16)8-10-6-4-3-5-7-10/h3-7,11H,8-9,16H2,1-2H3/t11-/m0/s1. The molecule has 7 nitrogen and oxygen atoms in total. The van der Waals surface area contributed by atoms with Crippen LogP contribution >= 0.6 is 23.1 Å². The number of nitrogens with zero attached hydrogens (tertiary/aromatic N) is 5. The van der Waals surface area contributed by atoms with Gasteiger partial charge in [-0.2, -0.15) is 4.52 Å². The highest BCUT2D eigenvalue weighted by Crippen LogP contribution is 2.26. The Morgan fingerprint density at radius 3 is 2.79 bits per heavy atom. The summed E-state index contributed by atoms with van der Waals surface area (Å²) >= 11 is 2.81.